The molecule has 0 spiro atoms. The van der Waals surface area contributed by atoms with Gasteiger partial charge in [-0.05, 0) is 42.7 Å². The van der Waals surface area contributed by atoms with Gasteiger partial charge >= 0.3 is 6.18 Å². The van der Waals surface area contributed by atoms with Crippen LogP contribution in [0, 0.1) is 0 Å². The van der Waals surface area contributed by atoms with E-state index in [2.05, 4.69) is 36.2 Å². The van der Waals surface area contributed by atoms with Crippen LogP contribution in [0.5, 0.6) is 5.75 Å². The number of nitrogens with one attached hydrogen (secondary N) is 2. The summed E-state index contributed by atoms with van der Waals surface area (Å²) < 4.78 is 46.7. The maximum atomic E-state index is 12.8. The third-order valence-corrected chi connectivity index (χ3v) is 5.73. The van der Waals surface area contributed by atoms with Gasteiger partial charge < -0.3 is 15.4 Å². The van der Waals surface area contributed by atoms with E-state index in [0.29, 0.717) is 38.2 Å². The monoisotopic (exact) mass is 557 g/mol. The summed E-state index contributed by atoms with van der Waals surface area (Å²) in [6.07, 6.45) is 0.937. The van der Waals surface area contributed by atoms with Gasteiger partial charge in [0.1, 0.15) is 5.75 Å². The lowest BCUT2D eigenvalue weighted by Crippen LogP contribution is -2.24. The molecule has 4 rings (SSSR count). The van der Waals surface area contributed by atoms with Crippen LogP contribution in [0.3, 0.4) is 0 Å². The second-order valence-electron chi connectivity index (χ2n) is 8.69. The minimum atomic E-state index is -4.49. The van der Waals surface area contributed by atoms with E-state index in [0.717, 1.165) is 23.9 Å². The summed E-state index contributed by atoms with van der Waals surface area (Å²) in [7, 11) is 1.58. The molecule has 3 heterocycles. The Morgan fingerprint density at radius 2 is 1.52 bits per heavy atom. The zero-order valence-electron chi connectivity index (χ0n) is 21.4. The first kappa shape index (κ1) is 28.2. The van der Waals surface area contributed by atoms with Gasteiger partial charge in [-0.3, -0.25) is 23.9 Å². The highest BCUT2D eigenvalue weighted by molar-refractivity contribution is 5.92. The predicted octanol–water partition coefficient (Wildman–Crippen LogP) is 2.63. The molecule has 0 unspecified atom stereocenters. The van der Waals surface area contributed by atoms with Crippen molar-refractivity contribution in [2.45, 2.75) is 45.2 Å². The molecule has 0 atom stereocenters. The zero-order chi connectivity index (χ0) is 28.5. The highest BCUT2D eigenvalue weighted by Crippen LogP contribution is 2.28. The minimum Gasteiger partial charge on any atom is -0.497 e. The molecule has 0 aliphatic heterocycles. The number of pyridine rings is 1. The lowest BCUT2D eigenvalue weighted by atomic mass is 10.2. The molecular weight excluding hydrogens is 531 g/mol. The molecule has 4 aromatic rings. The summed E-state index contributed by atoms with van der Waals surface area (Å²) in [5, 5.41) is 20.9. The van der Waals surface area contributed by atoms with Gasteiger partial charge in [-0.15, -0.1) is 10.2 Å². The van der Waals surface area contributed by atoms with Gasteiger partial charge in [-0.25, -0.2) is 0 Å². The van der Waals surface area contributed by atoms with Crippen molar-refractivity contribution in [3.8, 4) is 5.75 Å². The first-order valence-corrected chi connectivity index (χ1v) is 12.2. The third-order valence-electron chi connectivity index (χ3n) is 5.73. The van der Waals surface area contributed by atoms with Gasteiger partial charge in [0.15, 0.2) is 11.4 Å². The number of benzene rings is 1. The average Bonchev–Trinajstić information content (AvgIpc) is 3.63. The van der Waals surface area contributed by atoms with Crippen LogP contribution >= 0.6 is 0 Å². The van der Waals surface area contributed by atoms with E-state index in [-0.39, 0.29) is 29.5 Å². The number of methoxy groups -OCH3 is 1. The van der Waals surface area contributed by atoms with Crippen molar-refractivity contribution in [3.63, 3.8) is 0 Å². The molecule has 0 radical (unpaired) electrons. The zero-order valence-corrected chi connectivity index (χ0v) is 21.4. The molecular formula is C25H26F3N9O3. The Morgan fingerprint density at radius 3 is 2.12 bits per heavy atom. The molecule has 15 heteroatoms. The number of amides is 2. The van der Waals surface area contributed by atoms with Crippen molar-refractivity contribution in [1.82, 2.24) is 45.6 Å². The molecule has 0 aliphatic rings. The highest BCUT2D eigenvalue weighted by atomic mass is 19.4. The summed E-state index contributed by atoms with van der Waals surface area (Å²) in [6.45, 7) is 1.12. The second kappa shape index (κ2) is 12.8. The maximum absolute atomic E-state index is 12.8. The Hall–Kier alpha value is -4.82. The minimum absolute atomic E-state index is 0.0350. The summed E-state index contributed by atoms with van der Waals surface area (Å²) in [5.41, 5.74) is 0.360. The van der Waals surface area contributed by atoms with E-state index in [9.17, 15) is 22.8 Å². The first-order valence-electron chi connectivity index (χ1n) is 12.2. The standard InChI is InChI=1S/C25H26F3N9O3/c1-40-20-6-4-5-17(11-20)13-30-23(38)21-15-36(34-32-21)9-2-3-10-37-16-22(33-35-37)24(39)31-14-19-12-18(7-8-29-19)25(26,27)28/h4-8,11-12,15-16H,2-3,9-10,13-14H2,1H3,(H,30,38)(H,31,39). The number of alkyl halides is 3. The van der Waals surface area contributed by atoms with Crippen molar-refractivity contribution < 1.29 is 27.5 Å². The average molecular weight is 558 g/mol. The van der Waals surface area contributed by atoms with E-state index in [1.165, 1.54) is 10.9 Å². The van der Waals surface area contributed by atoms with Crippen LogP contribution in [0.4, 0.5) is 13.2 Å². The van der Waals surface area contributed by atoms with Crippen LogP contribution in [-0.4, -0.2) is 53.9 Å². The summed E-state index contributed by atoms with van der Waals surface area (Å²) in [6, 6.07) is 9.11. The smallest absolute Gasteiger partial charge is 0.416 e. The van der Waals surface area contributed by atoms with Crippen LogP contribution < -0.4 is 15.4 Å². The molecule has 1 aromatic carbocycles. The maximum Gasteiger partial charge on any atom is 0.416 e. The molecule has 12 nitrogen and oxygen atoms in total. The quantitative estimate of drug-likeness (QED) is 0.253. The number of rotatable bonds is 12. The molecule has 0 saturated heterocycles. The number of aryl methyl sites for hydroxylation is 2. The molecule has 3 aromatic heterocycles. The fourth-order valence-corrected chi connectivity index (χ4v) is 3.64. The largest absolute Gasteiger partial charge is 0.497 e. The first-order chi connectivity index (χ1) is 19.2. The van der Waals surface area contributed by atoms with Gasteiger partial charge in [-0.2, -0.15) is 13.2 Å². The number of hydrogen-bond acceptors (Lipinski definition) is 8. The van der Waals surface area contributed by atoms with Gasteiger partial charge in [-0.1, -0.05) is 22.6 Å². The van der Waals surface area contributed by atoms with Crippen LogP contribution in [0.1, 0.15) is 50.6 Å². The fourth-order valence-electron chi connectivity index (χ4n) is 3.64. The van der Waals surface area contributed by atoms with Gasteiger partial charge in [0.05, 0.1) is 37.3 Å². The lowest BCUT2D eigenvalue weighted by molar-refractivity contribution is -0.137. The molecule has 2 amide bonds. The number of hydrogen-bond donors (Lipinski definition) is 2. The van der Waals surface area contributed by atoms with E-state index in [1.807, 2.05) is 24.3 Å². The number of carbonyl (C=O) groups is 2. The molecule has 210 valence electrons. The van der Waals surface area contributed by atoms with Gasteiger partial charge in [0.2, 0.25) is 0 Å². The Balaban J connectivity index is 1.17. The van der Waals surface area contributed by atoms with Gasteiger partial charge in [0, 0.05) is 25.8 Å². The molecule has 2 N–H and O–H groups in total. The van der Waals surface area contributed by atoms with Crippen molar-refractivity contribution in [1.29, 1.82) is 0 Å². The number of nitrogens with zero attached hydrogens (tertiary/aromatic N) is 7. The lowest BCUT2D eigenvalue weighted by Gasteiger charge is -2.08. The van der Waals surface area contributed by atoms with E-state index in [4.69, 9.17) is 4.74 Å². The molecule has 0 fully saturated rings. The van der Waals surface area contributed by atoms with Crippen LogP contribution in [0.25, 0.3) is 0 Å². The Bertz CT molecular complexity index is 1450. The number of unbranched alkanes of at least 4 members (excludes halogenated alkanes) is 1. The van der Waals surface area contributed by atoms with E-state index in [1.54, 1.807) is 18.0 Å². The second-order valence-corrected chi connectivity index (χ2v) is 8.69. The Kier molecular flexibility index (Phi) is 9.04. The normalized spacial score (nSPS) is 11.3. The van der Waals surface area contributed by atoms with Crippen LogP contribution in [0.2, 0.25) is 0 Å². The molecule has 40 heavy (non-hydrogen) atoms. The van der Waals surface area contributed by atoms with Crippen molar-refractivity contribution >= 4 is 11.8 Å². The number of carbonyl (C=O) groups excluding carboxylic acids is 2. The molecule has 0 bridgehead atoms. The van der Waals surface area contributed by atoms with E-state index < -0.39 is 17.6 Å². The van der Waals surface area contributed by atoms with Gasteiger partial charge in [0.25, 0.3) is 11.8 Å². The Labute approximate surface area is 226 Å². The highest BCUT2D eigenvalue weighted by Gasteiger charge is 2.30. The third kappa shape index (κ3) is 7.85. The van der Waals surface area contributed by atoms with Crippen LogP contribution in [-0.2, 0) is 32.4 Å². The SMILES string of the molecule is COc1cccc(CNC(=O)c2cn(CCCCn3cc(C(=O)NCc4cc(C(F)(F)F)ccn4)nn3)nn2)c1. The number of ether oxygens (including phenoxy) is 1. The molecule has 0 aliphatic carbocycles. The summed E-state index contributed by atoms with van der Waals surface area (Å²) in [4.78, 5) is 28.5. The summed E-state index contributed by atoms with van der Waals surface area (Å²) in [5.74, 6) is -0.216. The van der Waals surface area contributed by atoms with Crippen molar-refractivity contribution in [3.05, 3.63) is 83.2 Å². The Morgan fingerprint density at radius 1 is 0.900 bits per heavy atom. The summed E-state index contributed by atoms with van der Waals surface area (Å²) >= 11 is 0. The molecule has 0 saturated carbocycles. The topological polar surface area (TPSA) is 142 Å². The van der Waals surface area contributed by atoms with Crippen molar-refractivity contribution in [2.24, 2.45) is 0 Å². The number of halogens is 3. The number of aromatic nitrogens is 7. The predicted molar refractivity (Wildman–Crippen MR) is 134 cm³/mol. The fraction of sp³-hybridized carbons (Fsp3) is 0.320. The van der Waals surface area contributed by atoms with E-state index >= 15 is 0 Å². The van der Waals surface area contributed by atoms with Crippen LogP contribution in [0.15, 0.2) is 55.0 Å². The van der Waals surface area contributed by atoms with Crippen molar-refractivity contribution in [2.75, 3.05) is 7.11 Å².